The van der Waals surface area contributed by atoms with Crippen LogP contribution in [0.1, 0.15) is 26.3 Å². The Morgan fingerprint density at radius 2 is 1.86 bits per heavy atom. The first-order chi connectivity index (χ1) is 9.88. The van der Waals surface area contributed by atoms with Gasteiger partial charge in [0.25, 0.3) is 11.8 Å². The second kappa shape index (κ2) is 5.62. The smallest absolute Gasteiger partial charge is 0.255 e. The molecule has 2 rings (SSSR count). The third kappa shape index (κ3) is 3.17. The van der Waals surface area contributed by atoms with Gasteiger partial charge in [0.05, 0.1) is 5.56 Å². The van der Waals surface area contributed by atoms with Gasteiger partial charge in [0.1, 0.15) is 5.82 Å². The SMILES string of the molecule is Cc1cc(C(=O)Nc2ccc(F)c(C(N)=O)c2)ccc1N. The molecule has 0 aliphatic rings. The van der Waals surface area contributed by atoms with Crippen LogP contribution in [-0.2, 0) is 0 Å². The van der Waals surface area contributed by atoms with Crippen LogP contribution in [0.3, 0.4) is 0 Å². The number of anilines is 2. The maximum absolute atomic E-state index is 13.4. The predicted octanol–water partition coefficient (Wildman–Crippen LogP) is 2.07. The predicted molar refractivity (Wildman–Crippen MR) is 78.5 cm³/mol. The van der Waals surface area contributed by atoms with Crippen molar-refractivity contribution in [2.24, 2.45) is 5.73 Å². The first-order valence-electron chi connectivity index (χ1n) is 6.15. The minimum absolute atomic E-state index is 0.277. The van der Waals surface area contributed by atoms with Gasteiger partial charge in [-0.25, -0.2) is 4.39 Å². The van der Waals surface area contributed by atoms with Crippen LogP contribution in [0.4, 0.5) is 15.8 Å². The molecule has 0 bridgehead atoms. The summed E-state index contributed by atoms with van der Waals surface area (Å²) in [5.74, 6) is -2.02. The number of benzene rings is 2. The molecular formula is C15H14FN3O2. The van der Waals surface area contributed by atoms with Crippen molar-refractivity contribution in [3.05, 3.63) is 58.9 Å². The van der Waals surface area contributed by atoms with Crippen LogP contribution in [0.2, 0.25) is 0 Å². The molecule has 2 aromatic carbocycles. The highest BCUT2D eigenvalue weighted by molar-refractivity contribution is 6.05. The van der Waals surface area contributed by atoms with Crippen LogP contribution in [-0.4, -0.2) is 11.8 Å². The molecule has 5 nitrogen and oxygen atoms in total. The molecule has 0 unspecified atom stereocenters. The third-order valence-electron chi connectivity index (χ3n) is 3.02. The second-order valence-electron chi connectivity index (χ2n) is 4.58. The van der Waals surface area contributed by atoms with Crippen molar-refractivity contribution >= 4 is 23.2 Å². The lowest BCUT2D eigenvalue weighted by molar-refractivity contribution is 0.0992. The lowest BCUT2D eigenvalue weighted by Crippen LogP contribution is -2.16. The highest BCUT2D eigenvalue weighted by Crippen LogP contribution is 2.17. The van der Waals surface area contributed by atoms with E-state index in [-0.39, 0.29) is 17.2 Å². The summed E-state index contributed by atoms with van der Waals surface area (Å²) in [5.41, 5.74) is 12.5. The Morgan fingerprint density at radius 1 is 1.14 bits per heavy atom. The largest absolute Gasteiger partial charge is 0.399 e. The van der Waals surface area contributed by atoms with Gasteiger partial charge >= 0.3 is 0 Å². The molecule has 0 fully saturated rings. The zero-order valence-electron chi connectivity index (χ0n) is 11.3. The Bertz CT molecular complexity index is 729. The number of halogens is 1. The van der Waals surface area contributed by atoms with Crippen LogP contribution in [0.15, 0.2) is 36.4 Å². The third-order valence-corrected chi connectivity index (χ3v) is 3.02. The zero-order valence-corrected chi connectivity index (χ0v) is 11.3. The average molecular weight is 287 g/mol. The fraction of sp³-hybridized carbons (Fsp3) is 0.0667. The molecule has 0 aliphatic heterocycles. The number of amides is 2. The summed E-state index contributed by atoms with van der Waals surface area (Å²) in [6, 6.07) is 8.47. The van der Waals surface area contributed by atoms with E-state index >= 15 is 0 Å². The molecule has 0 saturated heterocycles. The number of nitrogen functional groups attached to an aromatic ring is 1. The van der Waals surface area contributed by atoms with E-state index in [1.165, 1.54) is 12.1 Å². The molecule has 21 heavy (non-hydrogen) atoms. The average Bonchev–Trinajstić information content (AvgIpc) is 2.43. The molecular weight excluding hydrogens is 273 g/mol. The number of hydrogen-bond acceptors (Lipinski definition) is 3. The standard InChI is InChI=1S/C15H14FN3O2/c1-8-6-9(2-5-13(8)17)15(21)19-10-3-4-12(16)11(7-10)14(18)20/h2-7H,17H2,1H3,(H2,18,20)(H,19,21). The highest BCUT2D eigenvalue weighted by Gasteiger charge is 2.12. The molecule has 0 heterocycles. The van der Waals surface area contributed by atoms with Crippen LogP contribution in [0.25, 0.3) is 0 Å². The summed E-state index contributed by atoms with van der Waals surface area (Å²) in [5, 5.41) is 2.57. The monoisotopic (exact) mass is 287 g/mol. The minimum Gasteiger partial charge on any atom is -0.399 e. The fourth-order valence-electron chi connectivity index (χ4n) is 1.81. The molecule has 0 saturated carbocycles. The van der Waals surface area contributed by atoms with Crippen LogP contribution in [0.5, 0.6) is 0 Å². The summed E-state index contributed by atoms with van der Waals surface area (Å²) in [6.45, 7) is 1.79. The number of carbonyl (C=O) groups is 2. The van der Waals surface area contributed by atoms with Crippen molar-refractivity contribution in [2.75, 3.05) is 11.1 Å². The van der Waals surface area contributed by atoms with Crippen molar-refractivity contribution in [3.8, 4) is 0 Å². The summed E-state index contributed by atoms with van der Waals surface area (Å²) in [6.07, 6.45) is 0. The summed E-state index contributed by atoms with van der Waals surface area (Å²) < 4.78 is 13.4. The van der Waals surface area contributed by atoms with E-state index in [4.69, 9.17) is 11.5 Å². The first-order valence-corrected chi connectivity index (χ1v) is 6.15. The highest BCUT2D eigenvalue weighted by atomic mass is 19.1. The number of hydrogen-bond donors (Lipinski definition) is 3. The quantitative estimate of drug-likeness (QED) is 0.753. The fourth-order valence-corrected chi connectivity index (χ4v) is 1.81. The molecule has 5 N–H and O–H groups in total. The molecule has 2 amide bonds. The molecule has 0 aromatic heterocycles. The first kappa shape index (κ1) is 14.5. The van der Waals surface area contributed by atoms with E-state index < -0.39 is 11.7 Å². The van der Waals surface area contributed by atoms with Crippen molar-refractivity contribution in [1.82, 2.24) is 0 Å². The van der Waals surface area contributed by atoms with E-state index in [9.17, 15) is 14.0 Å². The lowest BCUT2D eigenvalue weighted by atomic mass is 10.1. The summed E-state index contributed by atoms with van der Waals surface area (Å²) >= 11 is 0. The number of nitrogens with one attached hydrogen (secondary N) is 1. The molecule has 0 spiro atoms. The van der Waals surface area contributed by atoms with Crippen molar-refractivity contribution in [2.45, 2.75) is 6.92 Å². The zero-order chi connectivity index (χ0) is 15.6. The van der Waals surface area contributed by atoms with Gasteiger partial charge in [-0.1, -0.05) is 0 Å². The van der Waals surface area contributed by atoms with E-state index in [0.717, 1.165) is 11.6 Å². The molecule has 108 valence electrons. The Balaban J connectivity index is 2.25. The molecule has 2 aromatic rings. The molecule has 0 atom stereocenters. The Morgan fingerprint density at radius 3 is 2.48 bits per heavy atom. The van der Waals surface area contributed by atoms with E-state index in [0.29, 0.717) is 11.3 Å². The van der Waals surface area contributed by atoms with Crippen molar-refractivity contribution in [1.29, 1.82) is 0 Å². The van der Waals surface area contributed by atoms with Gasteiger partial charge in [-0.2, -0.15) is 0 Å². The van der Waals surface area contributed by atoms with Gasteiger partial charge < -0.3 is 16.8 Å². The number of primary amides is 1. The number of aryl methyl sites for hydroxylation is 1. The second-order valence-corrected chi connectivity index (χ2v) is 4.58. The summed E-state index contributed by atoms with van der Waals surface area (Å²) in [7, 11) is 0. The van der Waals surface area contributed by atoms with Crippen LogP contribution < -0.4 is 16.8 Å². The van der Waals surface area contributed by atoms with Gasteiger partial charge in [-0.3, -0.25) is 9.59 Å². The minimum atomic E-state index is -0.896. The van der Waals surface area contributed by atoms with Gasteiger partial charge in [0.15, 0.2) is 0 Å². The lowest BCUT2D eigenvalue weighted by Gasteiger charge is -2.08. The molecule has 0 aliphatic carbocycles. The van der Waals surface area contributed by atoms with Crippen LogP contribution in [0, 0.1) is 12.7 Å². The van der Waals surface area contributed by atoms with Crippen molar-refractivity contribution < 1.29 is 14.0 Å². The summed E-state index contributed by atoms with van der Waals surface area (Å²) in [4.78, 5) is 23.1. The Hall–Kier alpha value is -2.89. The number of rotatable bonds is 3. The maximum Gasteiger partial charge on any atom is 0.255 e. The molecule has 0 radical (unpaired) electrons. The number of nitrogens with two attached hydrogens (primary N) is 2. The normalized spacial score (nSPS) is 10.2. The van der Waals surface area contributed by atoms with Crippen molar-refractivity contribution in [3.63, 3.8) is 0 Å². The Labute approximate surface area is 120 Å². The Kier molecular flexibility index (Phi) is 3.89. The number of carbonyl (C=O) groups excluding carboxylic acids is 2. The maximum atomic E-state index is 13.4. The van der Waals surface area contributed by atoms with E-state index in [1.807, 2.05) is 0 Å². The van der Waals surface area contributed by atoms with Gasteiger partial charge in [-0.05, 0) is 48.9 Å². The molecule has 6 heteroatoms. The van der Waals surface area contributed by atoms with E-state index in [2.05, 4.69) is 5.32 Å². The van der Waals surface area contributed by atoms with Crippen LogP contribution >= 0.6 is 0 Å². The topological polar surface area (TPSA) is 98.2 Å². The van der Waals surface area contributed by atoms with Gasteiger partial charge in [0, 0.05) is 16.9 Å². The van der Waals surface area contributed by atoms with Gasteiger partial charge in [-0.15, -0.1) is 0 Å². The van der Waals surface area contributed by atoms with Gasteiger partial charge in [0.2, 0.25) is 0 Å². The van der Waals surface area contributed by atoms with E-state index in [1.54, 1.807) is 25.1 Å².